The number of ether oxygens (including phenoxy) is 2. The van der Waals surface area contributed by atoms with Crippen LogP contribution in [0, 0.1) is 6.92 Å². The number of pyridine rings is 1. The lowest BCUT2D eigenvalue weighted by molar-refractivity contribution is -0.0497. The van der Waals surface area contributed by atoms with Gasteiger partial charge in [0.1, 0.15) is 23.8 Å². The van der Waals surface area contributed by atoms with E-state index in [1.54, 1.807) is 24.7 Å². The zero-order valence-corrected chi connectivity index (χ0v) is 13.8. The van der Waals surface area contributed by atoms with Crippen LogP contribution >= 0.6 is 11.6 Å². The van der Waals surface area contributed by atoms with Crippen molar-refractivity contribution in [2.24, 2.45) is 0 Å². The summed E-state index contributed by atoms with van der Waals surface area (Å²) in [5.74, 6) is 0.518. The molecule has 6 nitrogen and oxygen atoms in total. The standard InChI is InChI=1S/C16H13ClF2N4O2/c1-10-4-5-20-7-15(10)24-9-11-8-23(22-21-11)12-2-3-13(17)14(6-12)25-16(18)19/h2-8,16H,9H2,1H3. The van der Waals surface area contributed by atoms with Crippen LogP contribution in [0.3, 0.4) is 0 Å². The van der Waals surface area contributed by atoms with Gasteiger partial charge in [-0.25, -0.2) is 4.68 Å². The van der Waals surface area contributed by atoms with Crippen LogP contribution in [0.4, 0.5) is 8.78 Å². The smallest absolute Gasteiger partial charge is 0.387 e. The third kappa shape index (κ3) is 4.21. The molecule has 0 N–H and O–H groups in total. The molecule has 3 aromatic rings. The number of benzene rings is 1. The summed E-state index contributed by atoms with van der Waals surface area (Å²) >= 11 is 5.84. The maximum atomic E-state index is 12.4. The topological polar surface area (TPSA) is 62.1 Å². The second kappa shape index (κ2) is 7.43. The molecule has 0 aliphatic carbocycles. The average Bonchev–Trinajstić information content (AvgIpc) is 3.05. The Labute approximate surface area is 147 Å². The van der Waals surface area contributed by atoms with Gasteiger partial charge in [-0.05, 0) is 30.7 Å². The Morgan fingerprint density at radius 2 is 2.08 bits per heavy atom. The number of nitrogens with zero attached hydrogens (tertiary/aromatic N) is 4. The predicted molar refractivity (Wildman–Crippen MR) is 86.3 cm³/mol. The van der Waals surface area contributed by atoms with E-state index in [-0.39, 0.29) is 17.4 Å². The van der Waals surface area contributed by atoms with E-state index in [1.807, 2.05) is 13.0 Å². The summed E-state index contributed by atoms with van der Waals surface area (Å²) in [5.41, 5.74) is 2.00. The van der Waals surface area contributed by atoms with Gasteiger partial charge in [0, 0.05) is 12.3 Å². The lowest BCUT2D eigenvalue weighted by atomic mass is 10.3. The minimum absolute atomic E-state index is 0.0831. The van der Waals surface area contributed by atoms with Crippen molar-refractivity contribution in [1.82, 2.24) is 20.0 Å². The molecule has 0 fully saturated rings. The third-order valence-corrected chi connectivity index (χ3v) is 3.62. The average molecular weight is 367 g/mol. The maximum absolute atomic E-state index is 12.4. The molecular formula is C16H13ClF2N4O2. The highest BCUT2D eigenvalue weighted by atomic mass is 35.5. The zero-order valence-electron chi connectivity index (χ0n) is 13.1. The number of rotatable bonds is 6. The Balaban J connectivity index is 1.74. The van der Waals surface area contributed by atoms with E-state index in [4.69, 9.17) is 16.3 Å². The first kappa shape index (κ1) is 17.1. The molecule has 0 aliphatic heterocycles. The molecule has 0 aliphatic rings. The number of hydrogen-bond acceptors (Lipinski definition) is 5. The minimum Gasteiger partial charge on any atom is -0.485 e. The fraction of sp³-hybridized carbons (Fsp3) is 0.188. The SMILES string of the molecule is Cc1ccncc1OCc1cn(-c2ccc(Cl)c(OC(F)F)c2)nn1. The number of aromatic nitrogens is 4. The molecule has 0 atom stereocenters. The van der Waals surface area contributed by atoms with Crippen LogP contribution < -0.4 is 9.47 Å². The molecule has 0 amide bonds. The van der Waals surface area contributed by atoms with E-state index in [0.29, 0.717) is 17.1 Å². The molecule has 0 radical (unpaired) electrons. The number of aryl methyl sites for hydroxylation is 1. The number of hydrogen-bond donors (Lipinski definition) is 0. The van der Waals surface area contributed by atoms with E-state index in [2.05, 4.69) is 20.0 Å². The van der Waals surface area contributed by atoms with E-state index >= 15 is 0 Å². The maximum Gasteiger partial charge on any atom is 0.387 e. The van der Waals surface area contributed by atoms with Crippen molar-refractivity contribution in [3.63, 3.8) is 0 Å². The molecule has 3 rings (SSSR count). The molecule has 130 valence electrons. The Bertz CT molecular complexity index is 873. The second-order valence-electron chi connectivity index (χ2n) is 5.08. The molecule has 9 heteroatoms. The first-order valence-corrected chi connectivity index (χ1v) is 7.60. The van der Waals surface area contributed by atoms with Gasteiger partial charge in [-0.1, -0.05) is 16.8 Å². The normalized spacial score (nSPS) is 10.9. The van der Waals surface area contributed by atoms with Crippen LogP contribution in [0.1, 0.15) is 11.3 Å². The summed E-state index contributed by atoms with van der Waals surface area (Å²) in [7, 11) is 0. The third-order valence-electron chi connectivity index (χ3n) is 3.30. The summed E-state index contributed by atoms with van der Waals surface area (Å²) in [4.78, 5) is 4.00. The summed E-state index contributed by atoms with van der Waals surface area (Å²) in [6.07, 6.45) is 4.92. The van der Waals surface area contributed by atoms with Gasteiger partial charge in [-0.2, -0.15) is 8.78 Å². The summed E-state index contributed by atoms with van der Waals surface area (Å²) < 4.78 is 36.2. The first-order chi connectivity index (χ1) is 12.0. The number of alkyl halides is 2. The lowest BCUT2D eigenvalue weighted by Crippen LogP contribution is -2.03. The highest BCUT2D eigenvalue weighted by molar-refractivity contribution is 6.32. The van der Waals surface area contributed by atoms with Crippen LogP contribution in [0.25, 0.3) is 5.69 Å². The highest BCUT2D eigenvalue weighted by Gasteiger charge is 2.11. The minimum atomic E-state index is -2.96. The van der Waals surface area contributed by atoms with Crippen LogP contribution in [0.2, 0.25) is 5.02 Å². The van der Waals surface area contributed by atoms with Crippen LogP contribution in [0.15, 0.2) is 42.9 Å². The molecule has 0 bridgehead atoms. The molecule has 2 heterocycles. The fourth-order valence-electron chi connectivity index (χ4n) is 2.06. The van der Waals surface area contributed by atoms with Gasteiger partial charge >= 0.3 is 6.61 Å². The molecular weight excluding hydrogens is 354 g/mol. The van der Waals surface area contributed by atoms with Gasteiger partial charge in [0.2, 0.25) is 0 Å². The van der Waals surface area contributed by atoms with Gasteiger partial charge in [0.15, 0.2) is 0 Å². The first-order valence-electron chi connectivity index (χ1n) is 7.22. The molecule has 0 saturated carbocycles. The highest BCUT2D eigenvalue weighted by Crippen LogP contribution is 2.28. The molecule has 2 aromatic heterocycles. The Morgan fingerprint density at radius 3 is 2.84 bits per heavy atom. The molecule has 1 aromatic carbocycles. The molecule has 25 heavy (non-hydrogen) atoms. The number of halogens is 3. The van der Waals surface area contributed by atoms with Gasteiger partial charge in [0.25, 0.3) is 0 Å². The van der Waals surface area contributed by atoms with E-state index in [1.165, 1.54) is 16.8 Å². The van der Waals surface area contributed by atoms with Crippen molar-refractivity contribution >= 4 is 11.6 Å². The van der Waals surface area contributed by atoms with Crippen molar-refractivity contribution in [1.29, 1.82) is 0 Å². The van der Waals surface area contributed by atoms with E-state index in [9.17, 15) is 8.78 Å². The van der Waals surface area contributed by atoms with Crippen molar-refractivity contribution in [3.05, 3.63) is 59.1 Å². The lowest BCUT2D eigenvalue weighted by Gasteiger charge is -2.08. The van der Waals surface area contributed by atoms with Crippen LogP contribution in [-0.2, 0) is 6.61 Å². The van der Waals surface area contributed by atoms with Crippen LogP contribution in [0.5, 0.6) is 11.5 Å². The molecule has 0 saturated heterocycles. The van der Waals surface area contributed by atoms with E-state index in [0.717, 1.165) is 5.56 Å². The Morgan fingerprint density at radius 1 is 1.24 bits per heavy atom. The summed E-state index contributed by atoms with van der Waals surface area (Å²) in [6.45, 7) is -0.859. The van der Waals surface area contributed by atoms with Crippen molar-refractivity contribution in [3.8, 4) is 17.2 Å². The Kier molecular flexibility index (Phi) is 5.08. The van der Waals surface area contributed by atoms with Crippen molar-refractivity contribution < 1.29 is 18.3 Å². The predicted octanol–water partition coefficient (Wildman–Crippen LogP) is 3.80. The second-order valence-corrected chi connectivity index (χ2v) is 5.48. The fourth-order valence-corrected chi connectivity index (χ4v) is 2.23. The van der Waals surface area contributed by atoms with Crippen molar-refractivity contribution in [2.75, 3.05) is 0 Å². The Hall–Kier alpha value is -2.74. The summed E-state index contributed by atoms with van der Waals surface area (Å²) in [6, 6.07) is 6.26. The van der Waals surface area contributed by atoms with E-state index < -0.39 is 6.61 Å². The quantitative estimate of drug-likeness (QED) is 0.664. The molecule has 0 spiro atoms. The molecule has 0 unspecified atom stereocenters. The zero-order chi connectivity index (χ0) is 17.8. The van der Waals surface area contributed by atoms with Gasteiger partial charge in [-0.3, -0.25) is 4.98 Å². The van der Waals surface area contributed by atoms with Gasteiger partial charge in [0.05, 0.1) is 23.1 Å². The van der Waals surface area contributed by atoms with Gasteiger partial charge < -0.3 is 9.47 Å². The van der Waals surface area contributed by atoms with Crippen LogP contribution in [-0.4, -0.2) is 26.6 Å². The largest absolute Gasteiger partial charge is 0.485 e. The summed E-state index contributed by atoms with van der Waals surface area (Å²) in [5, 5.41) is 8.04. The monoisotopic (exact) mass is 366 g/mol. The van der Waals surface area contributed by atoms with Gasteiger partial charge in [-0.15, -0.1) is 5.10 Å². The van der Waals surface area contributed by atoms with Crippen molar-refractivity contribution in [2.45, 2.75) is 20.1 Å².